The minimum Gasteiger partial charge on any atom is -0.504 e. The number of hydroxylamine groups is 1. The number of hydrogen-bond donors (Lipinski definition) is 3. The first-order chi connectivity index (χ1) is 6.57. The summed E-state index contributed by atoms with van der Waals surface area (Å²) in [7, 11) is 1.41. The number of rotatable bonds is 3. The van der Waals surface area contributed by atoms with E-state index in [0.29, 0.717) is 10.0 Å². The van der Waals surface area contributed by atoms with Gasteiger partial charge >= 0.3 is 0 Å². The van der Waals surface area contributed by atoms with Gasteiger partial charge in [0.2, 0.25) is 0 Å². The molecule has 4 nitrogen and oxygen atoms in total. The summed E-state index contributed by atoms with van der Waals surface area (Å²) in [5.41, 5.74) is 2.79. The van der Waals surface area contributed by atoms with Gasteiger partial charge in [0.25, 0.3) is 0 Å². The quantitative estimate of drug-likeness (QED) is 0.575. The van der Waals surface area contributed by atoms with Gasteiger partial charge in [-0.05, 0) is 6.07 Å². The number of benzene rings is 1. The highest BCUT2D eigenvalue weighted by Gasteiger charge is 2.15. The van der Waals surface area contributed by atoms with Crippen molar-refractivity contribution >= 4 is 15.9 Å². The van der Waals surface area contributed by atoms with Crippen molar-refractivity contribution in [3.05, 3.63) is 21.9 Å². The molecule has 0 saturated carbocycles. The van der Waals surface area contributed by atoms with Gasteiger partial charge in [0.15, 0.2) is 17.3 Å². The molecular formula is C8H9BrFNO3. The second-order valence-electron chi connectivity index (χ2n) is 2.54. The summed E-state index contributed by atoms with van der Waals surface area (Å²) in [5.74, 6) is -2.14. The minimum atomic E-state index is -0.879. The maximum Gasteiger partial charge on any atom is 0.194 e. The van der Waals surface area contributed by atoms with E-state index >= 15 is 0 Å². The van der Waals surface area contributed by atoms with Crippen LogP contribution in [0.25, 0.3) is 0 Å². The molecule has 1 aromatic rings. The predicted octanol–water partition coefficient (Wildman–Crippen LogP) is 1.65. The van der Waals surface area contributed by atoms with Crippen molar-refractivity contribution in [2.75, 3.05) is 7.11 Å². The lowest BCUT2D eigenvalue weighted by molar-refractivity contribution is 0.0859. The van der Waals surface area contributed by atoms with Crippen LogP contribution in [-0.2, 0) is 11.4 Å². The van der Waals surface area contributed by atoms with Gasteiger partial charge in [0.05, 0.1) is 13.7 Å². The van der Waals surface area contributed by atoms with E-state index in [4.69, 9.17) is 5.11 Å². The van der Waals surface area contributed by atoms with Gasteiger partial charge in [-0.3, -0.25) is 0 Å². The molecule has 0 fully saturated rings. The highest BCUT2D eigenvalue weighted by Crippen LogP contribution is 2.36. The van der Waals surface area contributed by atoms with Crippen LogP contribution >= 0.6 is 15.9 Å². The Morgan fingerprint density at radius 1 is 1.50 bits per heavy atom. The third-order valence-electron chi connectivity index (χ3n) is 1.67. The molecule has 0 spiro atoms. The van der Waals surface area contributed by atoms with E-state index in [-0.39, 0.29) is 6.54 Å². The Hall–Kier alpha value is -0.850. The van der Waals surface area contributed by atoms with Crippen molar-refractivity contribution in [1.82, 2.24) is 5.48 Å². The van der Waals surface area contributed by atoms with Gasteiger partial charge < -0.3 is 15.1 Å². The van der Waals surface area contributed by atoms with Crippen molar-refractivity contribution < 1.29 is 19.4 Å². The first kappa shape index (κ1) is 11.2. The number of nitrogens with one attached hydrogen (secondary N) is 1. The van der Waals surface area contributed by atoms with E-state index in [1.807, 2.05) is 0 Å². The van der Waals surface area contributed by atoms with E-state index in [1.54, 1.807) is 0 Å². The third kappa shape index (κ3) is 2.14. The zero-order chi connectivity index (χ0) is 10.7. The summed E-state index contributed by atoms with van der Waals surface area (Å²) in [6, 6.07) is 1.07. The number of aromatic hydroxyl groups is 2. The van der Waals surface area contributed by atoms with E-state index in [2.05, 4.69) is 26.2 Å². The topological polar surface area (TPSA) is 61.7 Å². The molecule has 3 N–H and O–H groups in total. The lowest BCUT2D eigenvalue weighted by Gasteiger charge is -2.09. The molecule has 0 aromatic heterocycles. The average molecular weight is 266 g/mol. The van der Waals surface area contributed by atoms with Gasteiger partial charge in [0, 0.05) is 10.0 Å². The molecule has 0 aliphatic carbocycles. The fraction of sp³-hybridized carbons (Fsp3) is 0.250. The molecule has 78 valence electrons. The van der Waals surface area contributed by atoms with Gasteiger partial charge in [-0.15, -0.1) is 0 Å². The molecule has 6 heteroatoms. The van der Waals surface area contributed by atoms with Crippen LogP contribution in [0.1, 0.15) is 5.56 Å². The Bertz CT molecular complexity index is 346. The molecule has 14 heavy (non-hydrogen) atoms. The first-order valence-electron chi connectivity index (χ1n) is 3.72. The molecule has 0 bridgehead atoms. The van der Waals surface area contributed by atoms with E-state index in [9.17, 15) is 9.50 Å². The Morgan fingerprint density at radius 2 is 2.14 bits per heavy atom. The molecule has 0 radical (unpaired) electrons. The van der Waals surface area contributed by atoms with Crippen LogP contribution in [0.5, 0.6) is 11.5 Å². The summed E-state index contributed by atoms with van der Waals surface area (Å²) >= 11 is 3.06. The monoisotopic (exact) mass is 265 g/mol. The zero-order valence-electron chi connectivity index (χ0n) is 7.34. The maximum atomic E-state index is 12.9. The smallest absolute Gasteiger partial charge is 0.194 e. The fourth-order valence-electron chi connectivity index (χ4n) is 0.948. The number of phenols is 2. The molecule has 0 aliphatic rings. The van der Waals surface area contributed by atoms with Gasteiger partial charge in [-0.25, -0.2) is 4.39 Å². The van der Waals surface area contributed by atoms with Crippen LogP contribution in [0.4, 0.5) is 4.39 Å². The summed E-state index contributed by atoms with van der Waals surface area (Å²) < 4.78 is 13.2. The van der Waals surface area contributed by atoms with Crippen LogP contribution in [0.3, 0.4) is 0 Å². The average Bonchev–Trinajstić information content (AvgIpc) is 2.14. The van der Waals surface area contributed by atoms with E-state index in [0.717, 1.165) is 6.07 Å². The molecule has 0 saturated heterocycles. The third-order valence-corrected chi connectivity index (χ3v) is 2.38. The van der Waals surface area contributed by atoms with Crippen LogP contribution in [0, 0.1) is 5.82 Å². The minimum absolute atomic E-state index is 0.150. The molecule has 1 rings (SSSR count). The summed E-state index contributed by atoms with van der Waals surface area (Å²) in [6.07, 6.45) is 0. The lowest BCUT2D eigenvalue weighted by atomic mass is 10.2. The van der Waals surface area contributed by atoms with Crippen molar-refractivity contribution in [3.8, 4) is 11.5 Å². The highest BCUT2D eigenvalue weighted by molar-refractivity contribution is 9.10. The Balaban J connectivity index is 3.09. The van der Waals surface area contributed by atoms with Gasteiger partial charge in [-0.2, -0.15) is 5.48 Å². The van der Waals surface area contributed by atoms with Crippen molar-refractivity contribution in [1.29, 1.82) is 0 Å². The second kappa shape index (κ2) is 4.59. The Kier molecular flexibility index (Phi) is 3.68. The normalized spacial score (nSPS) is 10.5. The molecule has 1 aromatic carbocycles. The van der Waals surface area contributed by atoms with Crippen molar-refractivity contribution in [2.24, 2.45) is 0 Å². The summed E-state index contributed by atoms with van der Waals surface area (Å²) in [5, 5.41) is 18.5. The molecule has 0 unspecified atom stereocenters. The molecule has 0 aliphatic heterocycles. The zero-order valence-corrected chi connectivity index (χ0v) is 8.93. The Morgan fingerprint density at radius 3 is 2.71 bits per heavy atom. The molecule has 0 amide bonds. The summed E-state index contributed by atoms with van der Waals surface area (Å²) in [6.45, 7) is 0.150. The number of halogens is 2. The first-order valence-corrected chi connectivity index (χ1v) is 4.52. The van der Waals surface area contributed by atoms with Crippen LogP contribution in [-0.4, -0.2) is 17.3 Å². The van der Waals surface area contributed by atoms with E-state index < -0.39 is 17.3 Å². The van der Waals surface area contributed by atoms with E-state index in [1.165, 1.54) is 7.11 Å². The fourth-order valence-corrected chi connectivity index (χ4v) is 1.48. The van der Waals surface area contributed by atoms with Crippen LogP contribution in [0.15, 0.2) is 10.5 Å². The second-order valence-corrected chi connectivity index (χ2v) is 3.40. The standard InChI is InChI=1S/C8H9BrFNO3/c1-14-11-3-4-5(9)2-6(10)8(13)7(4)12/h2,11-13H,3H2,1H3. The largest absolute Gasteiger partial charge is 0.504 e. The van der Waals surface area contributed by atoms with Crippen molar-refractivity contribution in [2.45, 2.75) is 6.54 Å². The van der Waals surface area contributed by atoms with Crippen LogP contribution < -0.4 is 5.48 Å². The Labute approximate surface area is 88.4 Å². The van der Waals surface area contributed by atoms with Gasteiger partial charge in [-0.1, -0.05) is 15.9 Å². The molecule has 0 atom stereocenters. The SMILES string of the molecule is CONCc1c(Br)cc(F)c(O)c1O. The molecular weight excluding hydrogens is 257 g/mol. The van der Waals surface area contributed by atoms with Gasteiger partial charge in [0.1, 0.15) is 0 Å². The predicted molar refractivity (Wildman–Crippen MR) is 51.3 cm³/mol. The lowest BCUT2D eigenvalue weighted by Crippen LogP contribution is -2.11. The number of hydrogen-bond acceptors (Lipinski definition) is 4. The maximum absolute atomic E-state index is 12.9. The summed E-state index contributed by atoms with van der Waals surface area (Å²) in [4.78, 5) is 4.57. The molecule has 0 heterocycles. The highest BCUT2D eigenvalue weighted by atomic mass is 79.9. The van der Waals surface area contributed by atoms with Crippen molar-refractivity contribution in [3.63, 3.8) is 0 Å². The van der Waals surface area contributed by atoms with Crippen LogP contribution in [0.2, 0.25) is 0 Å². The number of phenolic OH excluding ortho intramolecular Hbond substituents is 2.